The zero-order valence-corrected chi connectivity index (χ0v) is 15.4. The molecule has 0 spiro atoms. The van der Waals surface area contributed by atoms with Crippen molar-refractivity contribution in [1.29, 1.82) is 0 Å². The normalized spacial score (nSPS) is 20.7. The molecule has 2 aromatic rings. The number of imidazole rings is 1. The maximum Gasteiger partial charge on any atom is 0.229 e. The lowest BCUT2D eigenvalue weighted by atomic mass is 10.4. The highest BCUT2D eigenvalue weighted by Gasteiger charge is 2.26. The third kappa shape index (κ3) is 3.43. The number of nitrogens with one attached hydrogen (secondary N) is 1. The van der Waals surface area contributed by atoms with E-state index in [1.54, 1.807) is 0 Å². The highest BCUT2D eigenvalue weighted by atomic mass is 16.5. The minimum Gasteiger partial charge on any atom is -0.378 e. The Morgan fingerprint density at radius 2 is 2.00 bits per heavy atom. The Bertz CT molecular complexity index is 842. The smallest absolute Gasteiger partial charge is 0.229 e. The van der Waals surface area contributed by atoms with E-state index in [2.05, 4.69) is 15.2 Å². The van der Waals surface area contributed by atoms with Crippen LogP contribution in [-0.4, -0.2) is 75.8 Å². The van der Waals surface area contributed by atoms with E-state index >= 15 is 0 Å². The molecule has 9 nitrogen and oxygen atoms in total. The van der Waals surface area contributed by atoms with Crippen LogP contribution in [-0.2, 0) is 16.1 Å². The number of carbonyl (C=O) groups is 1. The maximum absolute atomic E-state index is 11.9. The number of morpholine rings is 1. The first-order valence-corrected chi connectivity index (χ1v) is 9.88. The fourth-order valence-electron chi connectivity index (χ4n) is 3.69. The summed E-state index contributed by atoms with van der Waals surface area (Å²) >= 11 is 0. The van der Waals surface area contributed by atoms with Crippen molar-refractivity contribution in [2.24, 2.45) is 0 Å². The fourth-order valence-corrected chi connectivity index (χ4v) is 3.69. The van der Waals surface area contributed by atoms with Crippen molar-refractivity contribution in [2.75, 3.05) is 49.6 Å². The van der Waals surface area contributed by atoms with Gasteiger partial charge in [0.25, 0.3) is 0 Å². The number of likely N-dealkylation sites (tertiary alicyclic amines) is 1. The lowest BCUT2D eigenvalue weighted by molar-refractivity contribution is -0.127. The standard InChI is InChI=1S/C18H25N7O2/c26-14-2-1-5-23(14)6-7-25-12-19-15-16(20-13-3-4-13)21-18(22-17(15)25)24-8-10-27-11-9-24/h12-13H,1-11H2,(H,20,21,22). The topological polar surface area (TPSA) is 88.4 Å². The minimum atomic E-state index is 0.249. The van der Waals surface area contributed by atoms with Crippen LogP contribution >= 0.6 is 0 Å². The van der Waals surface area contributed by atoms with E-state index in [1.807, 2.05) is 15.8 Å². The highest BCUT2D eigenvalue weighted by Crippen LogP contribution is 2.29. The van der Waals surface area contributed by atoms with E-state index in [4.69, 9.17) is 14.7 Å². The molecule has 3 aliphatic rings. The predicted molar refractivity (Wildman–Crippen MR) is 101 cm³/mol. The van der Waals surface area contributed by atoms with Gasteiger partial charge in [-0.25, -0.2) is 4.98 Å². The van der Waals surface area contributed by atoms with Gasteiger partial charge in [0.2, 0.25) is 11.9 Å². The molecule has 4 heterocycles. The number of ether oxygens (including phenoxy) is 1. The second-order valence-electron chi connectivity index (χ2n) is 7.48. The lowest BCUT2D eigenvalue weighted by Crippen LogP contribution is -2.37. The van der Waals surface area contributed by atoms with Gasteiger partial charge in [-0.15, -0.1) is 0 Å². The Balaban J connectivity index is 1.45. The molecular weight excluding hydrogens is 346 g/mol. The molecule has 27 heavy (non-hydrogen) atoms. The number of hydrogen-bond acceptors (Lipinski definition) is 7. The Hall–Kier alpha value is -2.42. The molecule has 0 atom stereocenters. The molecular formula is C18H25N7O2. The summed E-state index contributed by atoms with van der Waals surface area (Å²) in [7, 11) is 0. The van der Waals surface area contributed by atoms with Gasteiger partial charge >= 0.3 is 0 Å². The maximum atomic E-state index is 11.9. The van der Waals surface area contributed by atoms with Crippen LogP contribution in [0.3, 0.4) is 0 Å². The number of carbonyl (C=O) groups excluding carboxylic acids is 1. The van der Waals surface area contributed by atoms with Crippen LogP contribution in [0.5, 0.6) is 0 Å². The summed E-state index contributed by atoms with van der Waals surface area (Å²) in [5.74, 6) is 1.80. The van der Waals surface area contributed by atoms with Gasteiger partial charge in [-0.2, -0.15) is 9.97 Å². The van der Waals surface area contributed by atoms with Crippen molar-refractivity contribution in [3.63, 3.8) is 0 Å². The third-order valence-corrected chi connectivity index (χ3v) is 5.45. The average molecular weight is 371 g/mol. The summed E-state index contributed by atoms with van der Waals surface area (Å²) in [6.45, 7) is 5.24. The lowest BCUT2D eigenvalue weighted by Gasteiger charge is -2.27. The molecule has 0 aromatic carbocycles. The molecule has 2 aliphatic heterocycles. The van der Waals surface area contributed by atoms with Gasteiger partial charge in [-0.1, -0.05) is 0 Å². The van der Waals surface area contributed by atoms with E-state index in [1.165, 1.54) is 12.8 Å². The Morgan fingerprint density at radius 1 is 1.15 bits per heavy atom. The predicted octanol–water partition coefficient (Wildman–Crippen LogP) is 0.860. The molecule has 0 unspecified atom stereocenters. The number of nitrogens with zero attached hydrogens (tertiary/aromatic N) is 6. The third-order valence-electron chi connectivity index (χ3n) is 5.45. The molecule has 5 rings (SSSR count). The molecule has 9 heteroatoms. The number of fused-ring (bicyclic) bond motifs is 1. The molecule has 3 fully saturated rings. The number of amides is 1. The molecule has 1 saturated carbocycles. The van der Waals surface area contributed by atoms with Crippen LogP contribution in [0.1, 0.15) is 25.7 Å². The number of hydrogen-bond donors (Lipinski definition) is 1. The zero-order chi connectivity index (χ0) is 18.2. The first kappa shape index (κ1) is 16.7. The second-order valence-corrected chi connectivity index (χ2v) is 7.48. The van der Waals surface area contributed by atoms with Crippen molar-refractivity contribution < 1.29 is 9.53 Å². The van der Waals surface area contributed by atoms with Crippen LogP contribution in [0, 0.1) is 0 Å². The van der Waals surface area contributed by atoms with Crippen molar-refractivity contribution in [3.8, 4) is 0 Å². The zero-order valence-electron chi connectivity index (χ0n) is 15.4. The van der Waals surface area contributed by atoms with Gasteiger partial charge in [0.1, 0.15) is 0 Å². The fraction of sp³-hybridized carbons (Fsp3) is 0.667. The molecule has 2 aromatic heterocycles. The summed E-state index contributed by atoms with van der Waals surface area (Å²) in [5.41, 5.74) is 1.65. The van der Waals surface area contributed by atoms with E-state index in [0.29, 0.717) is 38.8 Å². The summed E-state index contributed by atoms with van der Waals surface area (Å²) < 4.78 is 7.51. The van der Waals surface area contributed by atoms with Gasteiger partial charge in [-0.05, 0) is 19.3 Å². The molecule has 1 amide bonds. The number of aromatic nitrogens is 4. The van der Waals surface area contributed by atoms with E-state index in [0.717, 1.165) is 49.0 Å². The van der Waals surface area contributed by atoms with Gasteiger partial charge in [-0.3, -0.25) is 4.79 Å². The Kier molecular flexibility index (Phi) is 4.31. The van der Waals surface area contributed by atoms with E-state index in [9.17, 15) is 4.79 Å². The van der Waals surface area contributed by atoms with Gasteiger partial charge in [0, 0.05) is 45.2 Å². The molecule has 1 N–H and O–H groups in total. The number of anilines is 2. The van der Waals surface area contributed by atoms with Gasteiger partial charge < -0.3 is 24.4 Å². The van der Waals surface area contributed by atoms with Crippen LogP contribution in [0.2, 0.25) is 0 Å². The summed E-state index contributed by atoms with van der Waals surface area (Å²) in [4.78, 5) is 30.2. The first-order valence-electron chi connectivity index (χ1n) is 9.88. The van der Waals surface area contributed by atoms with Crippen LogP contribution in [0.15, 0.2) is 6.33 Å². The molecule has 144 valence electrons. The molecule has 2 saturated heterocycles. The van der Waals surface area contributed by atoms with Crippen molar-refractivity contribution in [3.05, 3.63) is 6.33 Å². The summed E-state index contributed by atoms with van der Waals surface area (Å²) in [5, 5.41) is 3.51. The highest BCUT2D eigenvalue weighted by molar-refractivity contribution is 5.84. The van der Waals surface area contributed by atoms with Crippen LogP contribution < -0.4 is 10.2 Å². The Morgan fingerprint density at radius 3 is 2.74 bits per heavy atom. The van der Waals surface area contributed by atoms with Crippen LogP contribution in [0.4, 0.5) is 11.8 Å². The van der Waals surface area contributed by atoms with Gasteiger partial charge in [0.15, 0.2) is 17.0 Å². The van der Waals surface area contributed by atoms with Crippen molar-refractivity contribution >= 4 is 28.8 Å². The number of rotatable bonds is 6. The first-order chi connectivity index (χ1) is 13.3. The van der Waals surface area contributed by atoms with Crippen LogP contribution in [0.25, 0.3) is 11.2 Å². The van der Waals surface area contributed by atoms with E-state index in [-0.39, 0.29) is 5.91 Å². The summed E-state index contributed by atoms with van der Waals surface area (Å²) in [6, 6.07) is 0.494. The van der Waals surface area contributed by atoms with E-state index < -0.39 is 0 Å². The monoisotopic (exact) mass is 371 g/mol. The molecule has 0 radical (unpaired) electrons. The van der Waals surface area contributed by atoms with Gasteiger partial charge in [0.05, 0.1) is 19.5 Å². The van der Waals surface area contributed by atoms with Crippen molar-refractivity contribution in [1.82, 2.24) is 24.4 Å². The SMILES string of the molecule is O=C1CCCN1CCn1cnc2c(NC3CC3)nc(N3CCOCC3)nc21. The largest absolute Gasteiger partial charge is 0.378 e. The Labute approximate surface area is 157 Å². The average Bonchev–Trinajstić information content (AvgIpc) is 3.27. The minimum absolute atomic E-state index is 0.249. The molecule has 0 bridgehead atoms. The molecule has 1 aliphatic carbocycles. The quantitative estimate of drug-likeness (QED) is 0.806. The second kappa shape index (κ2) is 6.95. The van der Waals surface area contributed by atoms with Crippen molar-refractivity contribution in [2.45, 2.75) is 38.3 Å². The summed E-state index contributed by atoms with van der Waals surface area (Å²) in [6.07, 6.45) is 5.80.